The predicted octanol–water partition coefficient (Wildman–Crippen LogP) is 4.71. The lowest BCUT2D eigenvalue weighted by molar-refractivity contribution is -0.122. The van der Waals surface area contributed by atoms with Crippen molar-refractivity contribution in [2.45, 2.75) is 39.2 Å². The molecule has 0 unspecified atom stereocenters. The van der Waals surface area contributed by atoms with Crippen LogP contribution in [-0.4, -0.2) is 88.4 Å². The SMILES string of the molecule is Cn1c(-c2cccc(N3CCN(CC4CCN(C(=O)OC(C)(C)C)CC4)CC3)c2)nc2ccccc21.O=CO. The summed E-state index contributed by atoms with van der Waals surface area (Å²) in [4.78, 5) is 32.5. The van der Waals surface area contributed by atoms with Gasteiger partial charge in [-0.25, -0.2) is 9.78 Å². The van der Waals surface area contributed by atoms with E-state index in [0.29, 0.717) is 5.92 Å². The van der Waals surface area contributed by atoms with Gasteiger partial charge in [-0.3, -0.25) is 9.69 Å². The lowest BCUT2D eigenvalue weighted by Crippen LogP contribution is -2.49. The standard InChI is InChI=1S/C29H39N5O2.CH2O2/c1-29(2,3)36-28(35)34-14-12-22(13-15-34)21-32-16-18-33(19-17-32)24-9-7-8-23(20-24)27-30-25-10-5-6-11-26(25)31(27)4;2-1-3/h5-11,20,22H,12-19,21H2,1-4H3;1H,(H,2,3). The second-order valence-electron chi connectivity index (χ2n) is 11.3. The molecule has 0 saturated carbocycles. The zero-order valence-electron chi connectivity index (χ0n) is 23.5. The summed E-state index contributed by atoms with van der Waals surface area (Å²) < 4.78 is 7.72. The van der Waals surface area contributed by atoms with Crippen molar-refractivity contribution in [3.05, 3.63) is 48.5 Å². The Morgan fingerprint density at radius 1 is 1.03 bits per heavy atom. The Balaban J connectivity index is 0.00000112. The van der Waals surface area contributed by atoms with Crippen LogP contribution >= 0.6 is 0 Å². The van der Waals surface area contributed by atoms with Gasteiger partial charge in [-0.2, -0.15) is 0 Å². The van der Waals surface area contributed by atoms with Crippen LogP contribution in [0, 0.1) is 5.92 Å². The van der Waals surface area contributed by atoms with Crippen molar-refractivity contribution in [3.63, 3.8) is 0 Å². The van der Waals surface area contributed by atoms with Gasteiger partial charge in [0.2, 0.25) is 0 Å². The molecule has 0 aliphatic carbocycles. The van der Waals surface area contributed by atoms with E-state index in [1.807, 2.05) is 31.7 Å². The summed E-state index contributed by atoms with van der Waals surface area (Å²) in [5.74, 6) is 1.66. The number of imidazole rings is 1. The molecule has 210 valence electrons. The van der Waals surface area contributed by atoms with Crippen LogP contribution in [0.3, 0.4) is 0 Å². The predicted molar refractivity (Wildman–Crippen MR) is 154 cm³/mol. The number of fused-ring (bicyclic) bond motifs is 1. The number of ether oxygens (including phenoxy) is 1. The van der Waals surface area contributed by atoms with Crippen molar-refractivity contribution in [3.8, 4) is 11.4 Å². The van der Waals surface area contributed by atoms with Crippen molar-refractivity contribution in [1.82, 2.24) is 19.4 Å². The Bertz CT molecular complexity index is 1250. The number of hydrogen-bond donors (Lipinski definition) is 1. The molecule has 2 saturated heterocycles. The average Bonchev–Trinajstić information content (AvgIpc) is 3.26. The van der Waals surface area contributed by atoms with Gasteiger partial charge in [0.15, 0.2) is 0 Å². The number of piperazine rings is 1. The summed E-state index contributed by atoms with van der Waals surface area (Å²) in [7, 11) is 2.09. The molecule has 3 aromatic rings. The summed E-state index contributed by atoms with van der Waals surface area (Å²) in [5, 5.41) is 6.89. The number of carboxylic acid groups (broad SMARTS) is 1. The first-order valence-electron chi connectivity index (χ1n) is 13.7. The number of rotatable bonds is 4. The van der Waals surface area contributed by atoms with Crippen molar-refractivity contribution < 1.29 is 19.4 Å². The van der Waals surface area contributed by atoms with Gasteiger partial charge in [-0.1, -0.05) is 24.3 Å². The highest BCUT2D eigenvalue weighted by atomic mass is 16.6. The molecule has 0 bridgehead atoms. The van der Waals surface area contributed by atoms with Crippen LogP contribution in [0.1, 0.15) is 33.6 Å². The Labute approximate surface area is 231 Å². The van der Waals surface area contributed by atoms with E-state index in [0.717, 1.165) is 81.1 Å². The third kappa shape index (κ3) is 7.29. The number of nitrogens with zero attached hydrogens (tertiary/aromatic N) is 5. The molecule has 9 nitrogen and oxygen atoms in total. The number of carbonyl (C=O) groups excluding carboxylic acids is 1. The Morgan fingerprint density at radius 2 is 1.69 bits per heavy atom. The van der Waals surface area contributed by atoms with Crippen LogP contribution < -0.4 is 4.90 Å². The molecular formula is C30H41N5O4. The number of aromatic nitrogens is 2. The first kappa shape index (κ1) is 28.4. The fourth-order valence-corrected chi connectivity index (χ4v) is 5.42. The number of carbonyl (C=O) groups is 2. The highest BCUT2D eigenvalue weighted by molar-refractivity contribution is 5.81. The van der Waals surface area contributed by atoms with Crippen LogP contribution in [-0.2, 0) is 16.6 Å². The summed E-state index contributed by atoms with van der Waals surface area (Å²) >= 11 is 0. The number of likely N-dealkylation sites (tertiary alicyclic amines) is 1. The van der Waals surface area contributed by atoms with E-state index in [1.165, 1.54) is 5.69 Å². The lowest BCUT2D eigenvalue weighted by atomic mass is 9.96. The molecular weight excluding hydrogens is 494 g/mol. The fourth-order valence-electron chi connectivity index (χ4n) is 5.42. The number of aryl methyl sites for hydroxylation is 1. The highest BCUT2D eigenvalue weighted by Crippen LogP contribution is 2.28. The molecule has 1 aromatic heterocycles. The van der Waals surface area contributed by atoms with E-state index in [-0.39, 0.29) is 12.6 Å². The molecule has 2 aliphatic heterocycles. The van der Waals surface area contributed by atoms with E-state index >= 15 is 0 Å². The second-order valence-corrected chi connectivity index (χ2v) is 11.3. The second kappa shape index (κ2) is 12.5. The molecule has 39 heavy (non-hydrogen) atoms. The van der Waals surface area contributed by atoms with Crippen molar-refractivity contribution >= 4 is 29.3 Å². The van der Waals surface area contributed by atoms with Gasteiger partial charge in [0.05, 0.1) is 11.0 Å². The molecule has 2 fully saturated rings. The van der Waals surface area contributed by atoms with Gasteiger partial charge in [0.25, 0.3) is 6.47 Å². The quantitative estimate of drug-likeness (QED) is 0.484. The van der Waals surface area contributed by atoms with E-state index in [4.69, 9.17) is 19.6 Å². The third-order valence-electron chi connectivity index (χ3n) is 7.41. The minimum absolute atomic E-state index is 0.171. The summed E-state index contributed by atoms with van der Waals surface area (Å²) in [6, 6.07) is 17.1. The van der Waals surface area contributed by atoms with E-state index in [9.17, 15) is 4.79 Å². The van der Waals surface area contributed by atoms with Crippen LogP contribution in [0.5, 0.6) is 0 Å². The first-order valence-corrected chi connectivity index (χ1v) is 13.7. The summed E-state index contributed by atoms with van der Waals surface area (Å²) in [6.45, 7) is 12.5. The molecule has 3 heterocycles. The molecule has 0 radical (unpaired) electrons. The maximum Gasteiger partial charge on any atom is 0.410 e. The smallest absolute Gasteiger partial charge is 0.410 e. The highest BCUT2D eigenvalue weighted by Gasteiger charge is 2.28. The maximum atomic E-state index is 12.3. The molecule has 9 heteroatoms. The normalized spacial score (nSPS) is 17.0. The molecule has 0 spiro atoms. The zero-order chi connectivity index (χ0) is 28.0. The van der Waals surface area contributed by atoms with Gasteiger partial charge in [0.1, 0.15) is 11.4 Å². The van der Waals surface area contributed by atoms with Gasteiger partial charge >= 0.3 is 6.09 Å². The van der Waals surface area contributed by atoms with Gasteiger partial charge < -0.3 is 24.2 Å². The van der Waals surface area contributed by atoms with Crippen molar-refractivity contribution in [2.24, 2.45) is 13.0 Å². The summed E-state index contributed by atoms with van der Waals surface area (Å²) in [6.07, 6.45) is 1.94. The van der Waals surface area contributed by atoms with E-state index in [2.05, 4.69) is 63.9 Å². The first-order chi connectivity index (χ1) is 18.7. The zero-order valence-corrected chi connectivity index (χ0v) is 23.5. The molecule has 1 N–H and O–H groups in total. The van der Waals surface area contributed by atoms with Crippen molar-refractivity contribution in [2.75, 3.05) is 50.7 Å². The fraction of sp³-hybridized carbons (Fsp3) is 0.500. The third-order valence-corrected chi connectivity index (χ3v) is 7.41. The number of anilines is 1. The molecule has 1 amide bonds. The lowest BCUT2D eigenvalue weighted by Gasteiger charge is -2.39. The Hall–Kier alpha value is -3.59. The average molecular weight is 536 g/mol. The van der Waals surface area contributed by atoms with Gasteiger partial charge in [0, 0.05) is 64.1 Å². The topological polar surface area (TPSA) is 91.1 Å². The van der Waals surface area contributed by atoms with Crippen molar-refractivity contribution in [1.29, 1.82) is 0 Å². The monoisotopic (exact) mass is 535 g/mol. The van der Waals surface area contributed by atoms with Crippen LogP contribution in [0.25, 0.3) is 22.4 Å². The maximum absolute atomic E-state index is 12.3. The number of piperidine rings is 1. The van der Waals surface area contributed by atoms with Crippen LogP contribution in [0.15, 0.2) is 48.5 Å². The molecule has 2 aromatic carbocycles. The minimum atomic E-state index is -0.432. The largest absolute Gasteiger partial charge is 0.483 e. The molecule has 0 atom stereocenters. The molecule has 5 rings (SSSR count). The van der Waals surface area contributed by atoms with Crippen LogP contribution in [0.4, 0.5) is 10.5 Å². The Kier molecular flexibility index (Phi) is 9.12. The Morgan fingerprint density at radius 3 is 2.33 bits per heavy atom. The number of benzene rings is 2. The van der Waals surface area contributed by atoms with Crippen LogP contribution in [0.2, 0.25) is 0 Å². The van der Waals surface area contributed by atoms with E-state index < -0.39 is 5.60 Å². The number of para-hydroxylation sites is 2. The minimum Gasteiger partial charge on any atom is -0.483 e. The van der Waals surface area contributed by atoms with Gasteiger partial charge in [-0.15, -0.1) is 0 Å². The number of hydrogen-bond acceptors (Lipinski definition) is 6. The summed E-state index contributed by atoms with van der Waals surface area (Å²) in [5.41, 5.74) is 4.18. The molecule has 2 aliphatic rings. The van der Waals surface area contributed by atoms with E-state index in [1.54, 1.807) is 0 Å². The number of amides is 1. The van der Waals surface area contributed by atoms with Gasteiger partial charge in [-0.05, 0) is 63.8 Å².